The molecule has 0 aromatic heterocycles. The number of amides is 2. The Balaban J connectivity index is 1.85. The Morgan fingerprint density at radius 2 is 1.73 bits per heavy atom. The molecule has 0 heterocycles. The maximum atomic E-state index is 12.5. The molecule has 1 aromatic rings. The van der Waals surface area contributed by atoms with E-state index in [1.54, 1.807) is 30.3 Å². The van der Waals surface area contributed by atoms with Crippen LogP contribution in [0.2, 0.25) is 0 Å². The lowest BCUT2D eigenvalue weighted by molar-refractivity contribution is -0.152. The van der Waals surface area contributed by atoms with Gasteiger partial charge in [0.05, 0.1) is 17.4 Å². The molecule has 140 valence electrons. The minimum Gasteiger partial charge on any atom is -0.481 e. The van der Waals surface area contributed by atoms with Crippen LogP contribution in [0.4, 0.5) is 0 Å². The fourth-order valence-electron chi connectivity index (χ4n) is 3.07. The van der Waals surface area contributed by atoms with Gasteiger partial charge in [0.1, 0.15) is 6.54 Å². The number of nitrogens with zero attached hydrogens (tertiary/aromatic N) is 1. The van der Waals surface area contributed by atoms with Crippen LogP contribution >= 0.6 is 0 Å². The van der Waals surface area contributed by atoms with Crippen LogP contribution in [0.15, 0.2) is 30.3 Å². The molecular formula is C18H22N2O6. The van der Waals surface area contributed by atoms with E-state index in [-0.39, 0.29) is 18.0 Å². The van der Waals surface area contributed by atoms with Crippen molar-refractivity contribution >= 4 is 23.8 Å². The number of nitrogens with one attached hydrogen (secondary N) is 1. The van der Waals surface area contributed by atoms with Crippen LogP contribution in [0.3, 0.4) is 0 Å². The van der Waals surface area contributed by atoms with Gasteiger partial charge in [-0.1, -0.05) is 31.0 Å². The van der Waals surface area contributed by atoms with E-state index in [1.807, 2.05) is 5.48 Å². The van der Waals surface area contributed by atoms with Crippen LogP contribution < -0.4 is 5.48 Å². The summed E-state index contributed by atoms with van der Waals surface area (Å²) >= 11 is 0. The van der Waals surface area contributed by atoms with E-state index in [4.69, 9.17) is 4.84 Å². The van der Waals surface area contributed by atoms with Gasteiger partial charge in [0.2, 0.25) is 5.91 Å². The van der Waals surface area contributed by atoms with Crippen LogP contribution in [0.1, 0.15) is 36.0 Å². The molecule has 2 amide bonds. The molecule has 2 rings (SSSR count). The van der Waals surface area contributed by atoms with Gasteiger partial charge in [0.25, 0.3) is 5.91 Å². The number of benzene rings is 1. The maximum Gasteiger partial charge on any atom is 0.362 e. The summed E-state index contributed by atoms with van der Waals surface area (Å²) in [5.41, 5.74) is 2.29. The number of aliphatic carboxylic acids is 1. The molecule has 0 spiro atoms. The second-order valence-electron chi connectivity index (χ2n) is 6.31. The topological polar surface area (TPSA) is 113 Å². The highest BCUT2D eigenvalue weighted by atomic mass is 16.7. The van der Waals surface area contributed by atoms with Crippen molar-refractivity contribution in [3.8, 4) is 0 Å². The first-order valence-corrected chi connectivity index (χ1v) is 8.43. The SMILES string of the molecule is CN(CC(=O)NOC(=O)c1ccccc1)C(=O)[C@@H]1CCCC[C@@H]1C(=O)O. The molecule has 1 aromatic carbocycles. The number of rotatable bonds is 5. The molecule has 8 nitrogen and oxygen atoms in total. The maximum absolute atomic E-state index is 12.5. The van der Waals surface area contributed by atoms with Gasteiger partial charge in [-0.15, -0.1) is 0 Å². The predicted molar refractivity (Wildman–Crippen MR) is 90.7 cm³/mol. The van der Waals surface area contributed by atoms with E-state index < -0.39 is 29.7 Å². The molecule has 1 fully saturated rings. The third-order valence-electron chi connectivity index (χ3n) is 4.42. The van der Waals surface area contributed by atoms with Crippen LogP contribution in [-0.2, 0) is 19.2 Å². The third-order valence-corrected chi connectivity index (χ3v) is 4.42. The van der Waals surface area contributed by atoms with Gasteiger partial charge in [-0.25, -0.2) is 4.79 Å². The first kappa shape index (κ1) is 19.4. The molecule has 1 aliphatic carbocycles. The molecule has 0 aliphatic heterocycles. The fourth-order valence-corrected chi connectivity index (χ4v) is 3.07. The van der Waals surface area contributed by atoms with E-state index in [0.717, 1.165) is 17.7 Å². The van der Waals surface area contributed by atoms with E-state index in [2.05, 4.69) is 0 Å². The van der Waals surface area contributed by atoms with Gasteiger partial charge in [0.15, 0.2) is 0 Å². The first-order valence-electron chi connectivity index (χ1n) is 8.43. The summed E-state index contributed by atoms with van der Waals surface area (Å²) < 4.78 is 0. The second kappa shape index (κ2) is 8.98. The average Bonchev–Trinajstić information content (AvgIpc) is 2.66. The Labute approximate surface area is 151 Å². The minimum atomic E-state index is -0.988. The highest BCUT2D eigenvalue weighted by molar-refractivity contribution is 5.91. The number of hydrogen-bond acceptors (Lipinski definition) is 5. The number of carbonyl (C=O) groups is 4. The van der Waals surface area contributed by atoms with E-state index in [9.17, 15) is 24.3 Å². The highest BCUT2D eigenvalue weighted by Gasteiger charge is 2.37. The Bertz CT molecular complexity index is 676. The predicted octanol–water partition coefficient (Wildman–Crippen LogP) is 1.22. The average molecular weight is 362 g/mol. The first-order chi connectivity index (χ1) is 12.4. The molecule has 0 unspecified atom stereocenters. The summed E-state index contributed by atoms with van der Waals surface area (Å²) in [4.78, 5) is 53.3. The van der Waals surface area contributed by atoms with Crippen molar-refractivity contribution in [2.75, 3.05) is 13.6 Å². The van der Waals surface area contributed by atoms with Crippen molar-refractivity contribution in [1.82, 2.24) is 10.4 Å². The minimum absolute atomic E-state index is 0.281. The lowest BCUT2D eigenvalue weighted by Gasteiger charge is -2.30. The Kier molecular flexibility index (Phi) is 6.71. The standard InChI is InChI=1S/C18H22N2O6/c1-20(16(22)13-9-5-6-10-14(13)17(23)24)11-15(21)19-26-18(25)12-7-3-2-4-8-12/h2-4,7-8,13-14H,5-6,9-11H2,1H3,(H,19,21)(H,23,24)/t13-,14+/m1/s1. The Morgan fingerprint density at radius 3 is 2.35 bits per heavy atom. The molecule has 0 bridgehead atoms. The van der Waals surface area contributed by atoms with Crippen LogP contribution in [0.25, 0.3) is 0 Å². The van der Waals surface area contributed by atoms with Crippen LogP contribution in [0, 0.1) is 11.8 Å². The van der Waals surface area contributed by atoms with Crippen LogP contribution in [-0.4, -0.2) is 47.4 Å². The zero-order valence-electron chi connectivity index (χ0n) is 14.5. The molecular weight excluding hydrogens is 340 g/mol. The largest absolute Gasteiger partial charge is 0.481 e. The van der Waals surface area contributed by atoms with E-state index >= 15 is 0 Å². The summed E-state index contributed by atoms with van der Waals surface area (Å²) in [6, 6.07) is 8.14. The molecule has 8 heteroatoms. The third kappa shape index (κ3) is 5.05. The zero-order valence-corrected chi connectivity index (χ0v) is 14.5. The lowest BCUT2D eigenvalue weighted by atomic mass is 9.78. The number of hydrogen-bond donors (Lipinski definition) is 2. The van der Waals surface area contributed by atoms with Gasteiger partial charge in [-0.05, 0) is 25.0 Å². The zero-order chi connectivity index (χ0) is 19.1. The van der Waals surface area contributed by atoms with Crippen molar-refractivity contribution in [3.63, 3.8) is 0 Å². The number of hydroxylamine groups is 1. The van der Waals surface area contributed by atoms with Crippen molar-refractivity contribution in [2.24, 2.45) is 11.8 Å². The second-order valence-corrected chi connectivity index (χ2v) is 6.31. The summed E-state index contributed by atoms with van der Waals surface area (Å²) in [7, 11) is 1.43. The monoisotopic (exact) mass is 362 g/mol. The summed E-state index contributed by atoms with van der Waals surface area (Å²) in [5, 5.41) is 9.27. The smallest absolute Gasteiger partial charge is 0.362 e. The molecule has 1 saturated carbocycles. The lowest BCUT2D eigenvalue weighted by Crippen LogP contribution is -2.45. The van der Waals surface area contributed by atoms with Gasteiger partial charge in [-0.3, -0.25) is 14.4 Å². The number of carboxylic acids is 1. The van der Waals surface area contributed by atoms with Gasteiger partial charge in [0, 0.05) is 7.05 Å². The van der Waals surface area contributed by atoms with Crippen molar-refractivity contribution in [3.05, 3.63) is 35.9 Å². The van der Waals surface area contributed by atoms with E-state index in [1.165, 1.54) is 7.05 Å². The number of likely N-dealkylation sites (N-methyl/N-ethyl adjacent to an activating group) is 1. The van der Waals surface area contributed by atoms with Gasteiger partial charge in [-0.2, -0.15) is 5.48 Å². The van der Waals surface area contributed by atoms with Crippen molar-refractivity contribution < 1.29 is 29.1 Å². The van der Waals surface area contributed by atoms with Crippen LogP contribution in [0.5, 0.6) is 0 Å². The summed E-state index contributed by atoms with van der Waals surface area (Å²) in [5.74, 6) is -4.12. The molecule has 2 N–H and O–H groups in total. The number of carbonyl (C=O) groups excluding carboxylic acids is 3. The van der Waals surface area contributed by atoms with E-state index in [0.29, 0.717) is 12.8 Å². The Morgan fingerprint density at radius 1 is 1.12 bits per heavy atom. The highest BCUT2D eigenvalue weighted by Crippen LogP contribution is 2.31. The van der Waals surface area contributed by atoms with Crippen molar-refractivity contribution in [2.45, 2.75) is 25.7 Å². The quantitative estimate of drug-likeness (QED) is 0.762. The normalized spacial score (nSPS) is 19.3. The molecule has 2 atom stereocenters. The van der Waals surface area contributed by atoms with Gasteiger partial charge >= 0.3 is 11.9 Å². The molecule has 0 radical (unpaired) electrons. The van der Waals surface area contributed by atoms with Crippen molar-refractivity contribution in [1.29, 1.82) is 0 Å². The molecule has 26 heavy (non-hydrogen) atoms. The molecule has 0 saturated heterocycles. The summed E-state index contributed by atoms with van der Waals surface area (Å²) in [6.07, 6.45) is 2.51. The molecule has 1 aliphatic rings. The number of carboxylic acid groups (broad SMARTS) is 1. The Hall–Kier alpha value is -2.90. The summed E-state index contributed by atoms with van der Waals surface area (Å²) in [6.45, 7) is -0.330. The fraction of sp³-hybridized carbons (Fsp3) is 0.444. The van der Waals surface area contributed by atoms with Gasteiger partial charge < -0.3 is 14.8 Å².